The molecule has 2 amide bonds. The zero-order valence-corrected chi connectivity index (χ0v) is 14.2. The number of rotatable bonds is 5. The number of hydrogen-bond donors (Lipinski definition) is 2. The number of imide groups is 1. The summed E-state index contributed by atoms with van der Waals surface area (Å²) in [5.74, 6) is 0.0104. The number of amides is 2. The van der Waals surface area contributed by atoms with E-state index in [1.54, 1.807) is 0 Å². The van der Waals surface area contributed by atoms with Gasteiger partial charge >= 0.3 is 0 Å². The first kappa shape index (κ1) is 17.1. The number of carbonyl (C=O) groups excluding carboxylic acids is 2. The molecular weight excluding hydrogens is 304 g/mol. The van der Waals surface area contributed by atoms with Gasteiger partial charge in [0.2, 0.25) is 11.8 Å². The van der Waals surface area contributed by atoms with Gasteiger partial charge in [0.15, 0.2) is 0 Å². The van der Waals surface area contributed by atoms with Crippen LogP contribution < -0.4 is 5.32 Å². The van der Waals surface area contributed by atoms with E-state index >= 15 is 0 Å². The van der Waals surface area contributed by atoms with Crippen LogP contribution in [0.3, 0.4) is 0 Å². The number of nitrogens with one attached hydrogen (secondary N) is 1. The molecule has 1 saturated carbocycles. The fourth-order valence-corrected chi connectivity index (χ4v) is 3.91. The predicted molar refractivity (Wildman–Crippen MR) is 91.0 cm³/mol. The van der Waals surface area contributed by atoms with E-state index in [4.69, 9.17) is 0 Å². The van der Waals surface area contributed by atoms with Crippen molar-refractivity contribution in [2.24, 2.45) is 0 Å². The van der Waals surface area contributed by atoms with Crippen LogP contribution in [0.1, 0.15) is 62.6 Å². The number of aliphatic hydroxyl groups is 1. The van der Waals surface area contributed by atoms with Crippen molar-refractivity contribution in [2.75, 3.05) is 0 Å². The van der Waals surface area contributed by atoms with E-state index in [-0.39, 0.29) is 30.5 Å². The molecule has 130 valence electrons. The molecule has 1 aromatic rings. The Bertz CT molecular complexity index is 592. The van der Waals surface area contributed by atoms with Gasteiger partial charge < -0.3 is 10.4 Å². The molecule has 0 unspecified atom stereocenters. The van der Waals surface area contributed by atoms with Gasteiger partial charge in [0.25, 0.3) is 0 Å². The Morgan fingerprint density at radius 3 is 2.46 bits per heavy atom. The molecule has 1 aliphatic carbocycles. The number of nitrogens with zero attached hydrogens (tertiary/aromatic N) is 1. The van der Waals surface area contributed by atoms with E-state index in [0.29, 0.717) is 18.9 Å². The van der Waals surface area contributed by atoms with E-state index in [1.807, 2.05) is 18.2 Å². The summed E-state index contributed by atoms with van der Waals surface area (Å²) in [5.41, 5.74) is 2.10. The van der Waals surface area contributed by atoms with Gasteiger partial charge in [0, 0.05) is 31.0 Å². The Hall–Kier alpha value is -1.72. The summed E-state index contributed by atoms with van der Waals surface area (Å²) in [5, 5.41) is 12.9. The minimum absolute atomic E-state index is 0.00518. The van der Waals surface area contributed by atoms with E-state index in [2.05, 4.69) is 18.3 Å². The molecule has 5 heteroatoms. The maximum Gasteiger partial charge on any atom is 0.229 e. The normalized spacial score (nSPS) is 26.0. The largest absolute Gasteiger partial charge is 0.392 e. The maximum atomic E-state index is 11.9. The van der Waals surface area contributed by atoms with Crippen LogP contribution in [0, 0.1) is 0 Å². The quantitative estimate of drug-likeness (QED) is 0.813. The molecule has 0 bridgehead atoms. The number of likely N-dealkylation sites (tertiary alicyclic amines) is 1. The number of hydrogen-bond acceptors (Lipinski definition) is 4. The van der Waals surface area contributed by atoms with Gasteiger partial charge in [0.05, 0.1) is 6.61 Å². The molecule has 3 rings (SSSR count). The Morgan fingerprint density at radius 1 is 1.17 bits per heavy atom. The van der Waals surface area contributed by atoms with Crippen LogP contribution in [0.25, 0.3) is 0 Å². The van der Waals surface area contributed by atoms with Gasteiger partial charge in [-0.25, -0.2) is 0 Å². The zero-order valence-electron chi connectivity index (χ0n) is 14.2. The molecule has 2 aliphatic rings. The third-order valence-electron chi connectivity index (χ3n) is 5.27. The fourth-order valence-electron chi connectivity index (χ4n) is 3.91. The molecular formula is C19H26N2O3. The van der Waals surface area contributed by atoms with Crippen molar-refractivity contribution in [2.45, 2.75) is 70.2 Å². The zero-order chi connectivity index (χ0) is 17.1. The summed E-state index contributed by atoms with van der Waals surface area (Å²) in [6, 6.07) is 8.72. The highest BCUT2D eigenvalue weighted by atomic mass is 16.3. The van der Waals surface area contributed by atoms with Crippen LogP contribution in [-0.2, 0) is 16.2 Å². The summed E-state index contributed by atoms with van der Waals surface area (Å²) in [6.45, 7) is 2.19. The first-order valence-corrected chi connectivity index (χ1v) is 8.89. The molecule has 2 fully saturated rings. The standard InChI is InChI=1S/C19H26N2O3/c1-13(15-4-2-3-14(11-15)12-22)20-16-5-7-17(8-6-16)21-18(23)9-10-19(21)24/h2-4,11,13,16-17,20,22H,5-10,12H2,1H3/t13-,16?,17?/m0/s1. The maximum absolute atomic E-state index is 11.9. The predicted octanol–water partition coefficient (Wildman–Crippen LogP) is 2.29. The van der Waals surface area contributed by atoms with E-state index in [9.17, 15) is 14.7 Å². The second-order valence-corrected chi connectivity index (χ2v) is 6.95. The molecule has 24 heavy (non-hydrogen) atoms. The first-order valence-electron chi connectivity index (χ1n) is 8.89. The molecule has 1 aromatic carbocycles. The third kappa shape index (κ3) is 3.68. The lowest BCUT2D eigenvalue weighted by Crippen LogP contribution is -2.45. The van der Waals surface area contributed by atoms with Gasteiger partial charge in [-0.2, -0.15) is 0 Å². The second kappa shape index (κ2) is 7.45. The molecule has 1 saturated heterocycles. The first-order chi connectivity index (χ1) is 11.6. The van der Waals surface area contributed by atoms with E-state index in [1.165, 1.54) is 10.5 Å². The average molecular weight is 330 g/mol. The number of aliphatic hydroxyl groups excluding tert-OH is 1. The highest BCUT2D eigenvalue weighted by Crippen LogP contribution is 2.28. The van der Waals surface area contributed by atoms with Crippen LogP contribution in [0.15, 0.2) is 24.3 Å². The molecule has 2 N–H and O–H groups in total. The average Bonchev–Trinajstić information content (AvgIpc) is 2.94. The molecule has 0 spiro atoms. The molecule has 5 nitrogen and oxygen atoms in total. The topological polar surface area (TPSA) is 69.6 Å². The van der Waals surface area contributed by atoms with Gasteiger partial charge in [-0.05, 0) is 43.7 Å². The van der Waals surface area contributed by atoms with Crippen molar-refractivity contribution in [3.05, 3.63) is 35.4 Å². The Balaban J connectivity index is 1.53. The Morgan fingerprint density at radius 2 is 1.83 bits per heavy atom. The Kier molecular flexibility index (Phi) is 5.31. The van der Waals surface area contributed by atoms with Crippen molar-refractivity contribution in [3.8, 4) is 0 Å². The van der Waals surface area contributed by atoms with Crippen molar-refractivity contribution in [1.82, 2.24) is 10.2 Å². The minimum atomic E-state index is 0.00518. The minimum Gasteiger partial charge on any atom is -0.392 e. The fraction of sp³-hybridized carbons (Fsp3) is 0.579. The molecule has 1 heterocycles. The molecule has 1 atom stereocenters. The van der Waals surface area contributed by atoms with Gasteiger partial charge in [-0.15, -0.1) is 0 Å². The highest BCUT2D eigenvalue weighted by molar-refractivity contribution is 6.02. The van der Waals surface area contributed by atoms with Crippen LogP contribution in [0.2, 0.25) is 0 Å². The molecule has 0 radical (unpaired) electrons. The lowest BCUT2D eigenvalue weighted by Gasteiger charge is -2.35. The van der Waals surface area contributed by atoms with Crippen LogP contribution in [0.5, 0.6) is 0 Å². The van der Waals surface area contributed by atoms with Crippen LogP contribution >= 0.6 is 0 Å². The van der Waals surface area contributed by atoms with Crippen molar-refractivity contribution >= 4 is 11.8 Å². The summed E-state index contributed by atoms with van der Waals surface area (Å²) in [6.07, 6.45) is 4.50. The van der Waals surface area contributed by atoms with Crippen molar-refractivity contribution in [1.29, 1.82) is 0 Å². The van der Waals surface area contributed by atoms with Crippen LogP contribution in [0.4, 0.5) is 0 Å². The SMILES string of the molecule is C[C@H](NC1CCC(N2C(=O)CCC2=O)CC1)c1cccc(CO)c1. The summed E-state index contributed by atoms with van der Waals surface area (Å²) >= 11 is 0. The van der Waals surface area contributed by atoms with E-state index < -0.39 is 0 Å². The number of benzene rings is 1. The summed E-state index contributed by atoms with van der Waals surface area (Å²) in [7, 11) is 0. The molecule has 0 aromatic heterocycles. The Labute approximate surface area is 143 Å². The lowest BCUT2D eigenvalue weighted by atomic mass is 9.89. The highest BCUT2D eigenvalue weighted by Gasteiger charge is 2.36. The van der Waals surface area contributed by atoms with Gasteiger partial charge in [-0.1, -0.05) is 24.3 Å². The smallest absolute Gasteiger partial charge is 0.229 e. The summed E-state index contributed by atoms with van der Waals surface area (Å²) in [4.78, 5) is 25.2. The van der Waals surface area contributed by atoms with E-state index in [0.717, 1.165) is 31.2 Å². The monoisotopic (exact) mass is 330 g/mol. The van der Waals surface area contributed by atoms with Gasteiger partial charge in [-0.3, -0.25) is 14.5 Å². The lowest BCUT2D eigenvalue weighted by molar-refractivity contribution is -0.141. The van der Waals surface area contributed by atoms with Gasteiger partial charge in [0.1, 0.15) is 0 Å². The second-order valence-electron chi connectivity index (χ2n) is 6.95. The molecule has 1 aliphatic heterocycles. The third-order valence-corrected chi connectivity index (χ3v) is 5.27. The summed E-state index contributed by atoms with van der Waals surface area (Å²) < 4.78 is 0. The van der Waals surface area contributed by atoms with Crippen molar-refractivity contribution in [3.63, 3.8) is 0 Å². The van der Waals surface area contributed by atoms with Crippen molar-refractivity contribution < 1.29 is 14.7 Å². The number of carbonyl (C=O) groups is 2. The van der Waals surface area contributed by atoms with Crippen LogP contribution in [-0.4, -0.2) is 33.9 Å².